The Hall–Kier alpha value is -2.15. The third kappa shape index (κ3) is 4.16. The van der Waals surface area contributed by atoms with Crippen molar-refractivity contribution in [3.63, 3.8) is 0 Å². The van der Waals surface area contributed by atoms with E-state index in [4.69, 9.17) is 4.42 Å². The van der Waals surface area contributed by atoms with Crippen LogP contribution in [-0.4, -0.2) is 30.3 Å². The Kier molecular flexibility index (Phi) is 4.74. The van der Waals surface area contributed by atoms with Crippen LogP contribution in [-0.2, 0) is 4.79 Å². The zero-order chi connectivity index (χ0) is 15.4. The van der Waals surface area contributed by atoms with Gasteiger partial charge in [0.2, 0.25) is 5.91 Å². The molecule has 0 aliphatic rings. The monoisotopic (exact) mass is 354 g/mol. The highest BCUT2D eigenvalue weighted by atomic mass is 79.9. The number of furan rings is 1. The number of amides is 2. The fourth-order valence-corrected chi connectivity index (χ4v) is 1.98. The summed E-state index contributed by atoms with van der Waals surface area (Å²) in [5.74, 6) is -1.17. The molecule has 2 aromatic rings. The van der Waals surface area contributed by atoms with E-state index in [9.17, 15) is 14.0 Å². The van der Waals surface area contributed by atoms with E-state index < -0.39 is 17.6 Å². The molecule has 0 aliphatic carbocycles. The first kappa shape index (κ1) is 15.2. The van der Waals surface area contributed by atoms with Crippen molar-refractivity contribution in [2.45, 2.75) is 0 Å². The van der Waals surface area contributed by atoms with Crippen molar-refractivity contribution in [2.24, 2.45) is 0 Å². The number of nitrogens with one attached hydrogen (secondary N) is 1. The molecule has 7 heteroatoms. The van der Waals surface area contributed by atoms with Crippen molar-refractivity contribution in [3.8, 4) is 0 Å². The molecule has 0 bridgehead atoms. The lowest BCUT2D eigenvalue weighted by Crippen LogP contribution is -2.34. The average molecular weight is 355 g/mol. The molecule has 0 fully saturated rings. The molecule has 0 radical (unpaired) electrons. The molecule has 0 saturated carbocycles. The van der Waals surface area contributed by atoms with E-state index >= 15 is 0 Å². The Labute approximate surface area is 128 Å². The predicted octanol–water partition coefficient (Wildman–Crippen LogP) is 2.89. The standard InChI is InChI=1S/C14H12BrFN2O3/c1-18(14(20)11-5-6-12(15)21-11)8-13(19)17-10-4-2-3-9(16)7-10/h2-7H,8H2,1H3,(H,17,19). The van der Waals surface area contributed by atoms with E-state index in [2.05, 4.69) is 21.2 Å². The van der Waals surface area contributed by atoms with Gasteiger partial charge in [-0.05, 0) is 46.3 Å². The first-order valence-corrected chi connectivity index (χ1v) is 6.81. The van der Waals surface area contributed by atoms with Gasteiger partial charge in [0.15, 0.2) is 10.4 Å². The van der Waals surface area contributed by atoms with Crippen LogP contribution in [0.5, 0.6) is 0 Å². The largest absolute Gasteiger partial charge is 0.444 e. The molecule has 0 aliphatic heterocycles. The van der Waals surface area contributed by atoms with Gasteiger partial charge < -0.3 is 14.6 Å². The summed E-state index contributed by atoms with van der Waals surface area (Å²) in [6.07, 6.45) is 0. The maximum Gasteiger partial charge on any atom is 0.289 e. The number of carbonyl (C=O) groups excluding carboxylic acids is 2. The topological polar surface area (TPSA) is 62.6 Å². The average Bonchev–Trinajstić information content (AvgIpc) is 2.84. The lowest BCUT2D eigenvalue weighted by atomic mass is 10.3. The number of halogens is 2. The summed E-state index contributed by atoms with van der Waals surface area (Å²) in [4.78, 5) is 25.0. The Morgan fingerprint density at radius 2 is 2.10 bits per heavy atom. The van der Waals surface area contributed by atoms with Crippen molar-refractivity contribution in [1.82, 2.24) is 4.90 Å². The normalized spacial score (nSPS) is 10.2. The van der Waals surface area contributed by atoms with Crippen LogP contribution in [0.25, 0.3) is 0 Å². The fourth-order valence-electron chi connectivity index (χ4n) is 1.67. The molecule has 0 spiro atoms. The molecule has 21 heavy (non-hydrogen) atoms. The summed E-state index contributed by atoms with van der Waals surface area (Å²) in [6.45, 7) is -0.173. The number of anilines is 1. The molecule has 0 saturated heterocycles. The van der Waals surface area contributed by atoms with Crippen LogP contribution in [0.2, 0.25) is 0 Å². The molecule has 1 N–H and O–H groups in total. The molecular formula is C14H12BrFN2O3. The van der Waals surface area contributed by atoms with Gasteiger partial charge in [0.1, 0.15) is 5.82 Å². The summed E-state index contributed by atoms with van der Waals surface area (Å²) in [5.41, 5.74) is 0.335. The van der Waals surface area contributed by atoms with Gasteiger partial charge in [0.25, 0.3) is 5.91 Å². The number of likely N-dealkylation sites (N-methyl/N-ethyl adjacent to an activating group) is 1. The minimum Gasteiger partial charge on any atom is -0.444 e. The molecule has 5 nitrogen and oxygen atoms in total. The Morgan fingerprint density at radius 1 is 1.33 bits per heavy atom. The van der Waals surface area contributed by atoms with Gasteiger partial charge in [0, 0.05) is 12.7 Å². The number of carbonyl (C=O) groups is 2. The summed E-state index contributed by atoms with van der Waals surface area (Å²) in [6, 6.07) is 8.62. The third-order valence-corrected chi connectivity index (χ3v) is 3.05. The van der Waals surface area contributed by atoms with Crippen LogP contribution in [0.4, 0.5) is 10.1 Å². The number of hydrogen-bond acceptors (Lipinski definition) is 3. The zero-order valence-electron chi connectivity index (χ0n) is 11.1. The fraction of sp³-hybridized carbons (Fsp3) is 0.143. The molecule has 0 unspecified atom stereocenters. The van der Waals surface area contributed by atoms with Crippen molar-refractivity contribution in [1.29, 1.82) is 0 Å². The van der Waals surface area contributed by atoms with Crippen molar-refractivity contribution < 1.29 is 18.4 Å². The second kappa shape index (κ2) is 6.53. The van der Waals surface area contributed by atoms with Gasteiger partial charge in [-0.2, -0.15) is 0 Å². The van der Waals surface area contributed by atoms with Crippen LogP contribution in [0, 0.1) is 5.82 Å². The lowest BCUT2D eigenvalue weighted by Gasteiger charge is -2.15. The molecule has 110 valence electrons. The third-order valence-electron chi connectivity index (χ3n) is 2.62. The Balaban J connectivity index is 1.94. The maximum absolute atomic E-state index is 13.0. The summed E-state index contributed by atoms with van der Waals surface area (Å²) in [7, 11) is 1.48. The van der Waals surface area contributed by atoms with E-state index in [0.717, 1.165) is 0 Å². The highest BCUT2D eigenvalue weighted by Crippen LogP contribution is 2.15. The highest BCUT2D eigenvalue weighted by molar-refractivity contribution is 9.10. The molecular weight excluding hydrogens is 343 g/mol. The second-order valence-electron chi connectivity index (χ2n) is 4.32. The number of benzene rings is 1. The highest BCUT2D eigenvalue weighted by Gasteiger charge is 2.18. The molecule has 2 rings (SSSR count). The second-order valence-corrected chi connectivity index (χ2v) is 5.11. The van der Waals surface area contributed by atoms with Crippen LogP contribution >= 0.6 is 15.9 Å². The smallest absolute Gasteiger partial charge is 0.289 e. The first-order valence-electron chi connectivity index (χ1n) is 6.02. The zero-order valence-corrected chi connectivity index (χ0v) is 12.7. The van der Waals surface area contributed by atoms with Gasteiger partial charge in [-0.15, -0.1) is 0 Å². The quantitative estimate of drug-likeness (QED) is 0.918. The SMILES string of the molecule is CN(CC(=O)Nc1cccc(F)c1)C(=O)c1ccc(Br)o1. The Morgan fingerprint density at radius 3 is 2.71 bits per heavy atom. The van der Waals surface area contributed by atoms with Gasteiger partial charge >= 0.3 is 0 Å². The van der Waals surface area contributed by atoms with E-state index in [1.54, 1.807) is 12.1 Å². The van der Waals surface area contributed by atoms with Gasteiger partial charge in [0.05, 0.1) is 6.54 Å². The Bertz CT molecular complexity index is 672. The van der Waals surface area contributed by atoms with Crippen LogP contribution in [0.1, 0.15) is 10.6 Å². The van der Waals surface area contributed by atoms with E-state index in [1.807, 2.05) is 0 Å². The van der Waals surface area contributed by atoms with Crippen LogP contribution < -0.4 is 5.32 Å². The maximum atomic E-state index is 13.0. The number of hydrogen-bond donors (Lipinski definition) is 1. The molecule has 0 atom stereocenters. The van der Waals surface area contributed by atoms with Gasteiger partial charge in [-0.25, -0.2) is 4.39 Å². The molecule has 1 aromatic carbocycles. The first-order chi connectivity index (χ1) is 9.95. The molecule has 1 heterocycles. The summed E-state index contributed by atoms with van der Waals surface area (Å²) >= 11 is 3.10. The van der Waals surface area contributed by atoms with Gasteiger partial charge in [-0.3, -0.25) is 9.59 Å². The molecule has 2 amide bonds. The van der Waals surface area contributed by atoms with E-state index in [-0.39, 0.29) is 12.3 Å². The van der Waals surface area contributed by atoms with Crippen molar-refractivity contribution in [3.05, 3.63) is 52.6 Å². The summed E-state index contributed by atoms with van der Waals surface area (Å²) < 4.78 is 18.6. The number of nitrogens with zero attached hydrogens (tertiary/aromatic N) is 1. The van der Waals surface area contributed by atoms with Gasteiger partial charge in [-0.1, -0.05) is 6.07 Å². The molecule has 1 aromatic heterocycles. The van der Waals surface area contributed by atoms with Crippen molar-refractivity contribution in [2.75, 3.05) is 18.9 Å². The van der Waals surface area contributed by atoms with Crippen molar-refractivity contribution >= 4 is 33.4 Å². The van der Waals surface area contributed by atoms with E-state index in [1.165, 1.54) is 36.2 Å². The summed E-state index contributed by atoms with van der Waals surface area (Å²) in [5, 5.41) is 2.51. The number of rotatable bonds is 4. The van der Waals surface area contributed by atoms with Crippen LogP contribution in [0.3, 0.4) is 0 Å². The minimum atomic E-state index is -0.447. The van der Waals surface area contributed by atoms with E-state index in [0.29, 0.717) is 10.4 Å². The lowest BCUT2D eigenvalue weighted by molar-refractivity contribution is -0.116. The minimum absolute atomic E-state index is 0.128. The predicted molar refractivity (Wildman–Crippen MR) is 78.4 cm³/mol. The van der Waals surface area contributed by atoms with Crippen LogP contribution in [0.15, 0.2) is 45.5 Å².